The van der Waals surface area contributed by atoms with Gasteiger partial charge in [-0.05, 0) is 70.2 Å². The normalized spacial score (nSPS) is 11.5. The average Bonchev–Trinajstić information content (AvgIpc) is 2.81. The first-order chi connectivity index (χ1) is 15.9. The Bertz CT molecular complexity index is 1310. The van der Waals surface area contributed by atoms with E-state index in [2.05, 4.69) is 4.85 Å². The fraction of sp³-hybridized carbons (Fsp3) is 0.0741. The first-order valence-electron chi connectivity index (χ1n) is 10.00. The molecule has 0 radical (unpaired) electrons. The smallest absolute Gasteiger partial charge is 0.328 e. The summed E-state index contributed by atoms with van der Waals surface area (Å²) in [6.45, 7) is 8.99. The van der Waals surface area contributed by atoms with E-state index in [0.29, 0.717) is 28.7 Å². The molecule has 0 saturated heterocycles. The summed E-state index contributed by atoms with van der Waals surface area (Å²) in [5.41, 5.74) is 3.39. The van der Waals surface area contributed by atoms with Crippen molar-refractivity contribution < 1.29 is 18.7 Å². The zero-order valence-corrected chi connectivity index (χ0v) is 17.6. The lowest BCUT2D eigenvalue weighted by molar-refractivity contribution is -0.131. The number of carbonyl (C=O) groups is 1. The lowest BCUT2D eigenvalue weighted by Crippen LogP contribution is -1.98. The Labute approximate surface area is 190 Å². The van der Waals surface area contributed by atoms with Crippen LogP contribution in [0.3, 0.4) is 0 Å². The van der Waals surface area contributed by atoms with Gasteiger partial charge in [0.25, 0.3) is 0 Å². The third kappa shape index (κ3) is 5.20. The predicted octanol–water partition coefficient (Wildman–Crippen LogP) is 6.85. The van der Waals surface area contributed by atoms with Crippen LogP contribution in [0.25, 0.3) is 22.1 Å². The van der Waals surface area contributed by atoms with Crippen molar-refractivity contribution in [2.45, 2.75) is 13.3 Å². The van der Waals surface area contributed by atoms with E-state index < -0.39 is 17.6 Å². The van der Waals surface area contributed by atoms with E-state index >= 15 is 0 Å². The SMILES string of the molecule is [C-]#[N+]c1ccc(C(=C(CC)c2cccc(C=CC(=O)O)c2)c2ccc(C#N)c(F)c2)cc1F. The van der Waals surface area contributed by atoms with Crippen LogP contribution in [-0.4, -0.2) is 11.1 Å². The van der Waals surface area contributed by atoms with Crippen molar-refractivity contribution in [3.05, 3.63) is 118 Å². The summed E-state index contributed by atoms with van der Waals surface area (Å²) in [7, 11) is 0. The quantitative estimate of drug-likeness (QED) is 0.259. The number of hydrogen-bond donors (Lipinski definition) is 1. The van der Waals surface area contributed by atoms with Gasteiger partial charge in [-0.15, -0.1) is 0 Å². The number of carboxylic acid groups (broad SMARTS) is 1. The molecule has 33 heavy (non-hydrogen) atoms. The Kier molecular flexibility index (Phi) is 7.13. The molecule has 0 aliphatic rings. The Morgan fingerprint density at radius 2 is 1.76 bits per heavy atom. The van der Waals surface area contributed by atoms with Gasteiger partial charge in [-0.3, -0.25) is 0 Å². The molecule has 0 unspecified atom stereocenters. The number of carboxylic acids is 1. The Morgan fingerprint density at radius 3 is 2.33 bits per heavy atom. The van der Waals surface area contributed by atoms with Crippen molar-refractivity contribution in [1.82, 2.24) is 0 Å². The number of aliphatic carboxylic acids is 1. The topological polar surface area (TPSA) is 65.4 Å². The van der Waals surface area contributed by atoms with Gasteiger partial charge in [0.05, 0.1) is 12.1 Å². The van der Waals surface area contributed by atoms with Gasteiger partial charge in [-0.1, -0.05) is 43.3 Å². The second kappa shape index (κ2) is 10.2. The summed E-state index contributed by atoms with van der Waals surface area (Å²) in [5.74, 6) is -2.46. The minimum atomic E-state index is -1.07. The van der Waals surface area contributed by atoms with E-state index in [1.807, 2.05) is 13.0 Å². The molecule has 0 aliphatic heterocycles. The number of benzene rings is 3. The molecular formula is C27H18F2N2O2. The summed E-state index contributed by atoms with van der Waals surface area (Å²) in [4.78, 5) is 14.0. The van der Waals surface area contributed by atoms with Crippen LogP contribution in [0.2, 0.25) is 0 Å². The van der Waals surface area contributed by atoms with E-state index in [4.69, 9.17) is 16.9 Å². The average molecular weight is 440 g/mol. The lowest BCUT2D eigenvalue weighted by atomic mass is 9.87. The second-order valence-corrected chi connectivity index (χ2v) is 7.09. The maximum absolute atomic E-state index is 14.5. The van der Waals surface area contributed by atoms with Gasteiger partial charge >= 0.3 is 5.97 Å². The van der Waals surface area contributed by atoms with Crippen molar-refractivity contribution >= 4 is 28.9 Å². The molecule has 0 atom stereocenters. The third-order valence-corrected chi connectivity index (χ3v) is 5.04. The summed E-state index contributed by atoms with van der Waals surface area (Å²) < 4.78 is 29.0. The maximum Gasteiger partial charge on any atom is 0.328 e. The van der Waals surface area contributed by atoms with E-state index in [-0.39, 0.29) is 11.3 Å². The fourth-order valence-corrected chi connectivity index (χ4v) is 3.55. The minimum absolute atomic E-state index is 0.105. The zero-order chi connectivity index (χ0) is 24.0. The molecule has 1 N–H and O–H groups in total. The second-order valence-electron chi connectivity index (χ2n) is 7.09. The number of halogens is 2. The minimum Gasteiger partial charge on any atom is -0.478 e. The van der Waals surface area contributed by atoms with Crippen molar-refractivity contribution in [3.63, 3.8) is 0 Å². The van der Waals surface area contributed by atoms with Gasteiger partial charge < -0.3 is 5.11 Å². The summed E-state index contributed by atoms with van der Waals surface area (Å²) in [6, 6.07) is 17.4. The number of hydrogen-bond acceptors (Lipinski definition) is 2. The van der Waals surface area contributed by atoms with Gasteiger partial charge in [0.15, 0.2) is 0 Å². The molecule has 0 aromatic heterocycles. The first-order valence-corrected chi connectivity index (χ1v) is 10.00. The van der Waals surface area contributed by atoms with Crippen molar-refractivity contribution in [2.75, 3.05) is 0 Å². The highest BCUT2D eigenvalue weighted by atomic mass is 19.1. The van der Waals surface area contributed by atoms with E-state index in [1.165, 1.54) is 30.3 Å². The van der Waals surface area contributed by atoms with E-state index in [9.17, 15) is 13.6 Å². The van der Waals surface area contributed by atoms with Crippen LogP contribution in [0.5, 0.6) is 0 Å². The fourth-order valence-electron chi connectivity index (χ4n) is 3.55. The Morgan fingerprint density at radius 1 is 1.06 bits per heavy atom. The number of allylic oxidation sites excluding steroid dienone is 1. The largest absolute Gasteiger partial charge is 0.478 e. The Balaban J connectivity index is 2.31. The molecule has 3 aromatic rings. The van der Waals surface area contributed by atoms with Crippen molar-refractivity contribution in [2.24, 2.45) is 0 Å². The van der Waals surface area contributed by atoms with Crippen molar-refractivity contribution in [1.29, 1.82) is 5.26 Å². The molecule has 0 saturated carbocycles. The number of nitriles is 1. The highest BCUT2D eigenvalue weighted by molar-refractivity contribution is 5.99. The van der Waals surface area contributed by atoms with Crippen LogP contribution in [0.1, 0.15) is 41.2 Å². The first kappa shape index (κ1) is 23.1. The molecule has 0 spiro atoms. The molecule has 0 aliphatic carbocycles. The number of rotatable bonds is 6. The van der Waals surface area contributed by atoms with Crippen LogP contribution >= 0.6 is 0 Å². The lowest BCUT2D eigenvalue weighted by Gasteiger charge is -2.17. The molecule has 0 heterocycles. The van der Waals surface area contributed by atoms with E-state index in [1.54, 1.807) is 36.4 Å². The highest BCUT2D eigenvalue weighted by Gasteiger charge is 2.17. The molecule has 0 amide bonds. The van der Waals surface area contributed by atoms with Crippen LogP contribution < -0.4 is 0 Å². The molecule has 6 heteroatoms. The Hall–Kier alpha value is -4.55. The summed E-state index contributed by atoms with van der Waals surface area (Å²) in [6.07, 6.45) is 2.99. The maximum atomic E-state index is 14.5. The van der Waals surface area contributed by atoms with Gasteiger partial charge in [-0.2, -0.15) is 5.26 Å². The third-order valence-electron chi connectivity index (χ3n) is 5.04. The van der Waals surface area contributed by atoms with Gasteiger partial charge in [0, 0.05) is 6.08 Å². The van der Waals surface area contributed by atoms with Gasteiger partial charge in [-0.25, -0.2) is 18.4 Å². The van der Waals surface area contributed by atoms with Crippen LogP contribution in [0, 0.1) is 29.5 Å². The molecule has 0 bridgehead atoms. The van der Waals surface area contributed by atoms with Crippen LogP contribution in [0.15, 0.2) is 66.7 Å². The van der Waals surface area contributed by atoms with Crippen LogP contribution in [0.4, 0.5) is 14.5 Å². The standard InChI is InChI=1S/C27H18F2N2O2/c1-3-22(18-6-4-5-17(13-18)7-12-26(32)33)27(19-8-9-21(16-30)23(28)14-19)20-10-11-25(31-2)24(29)15-20/h4-15H,3H2,1H3,(H,32,33). The number of nitrogens with zero attached hydrogens (tertiary/aromatic N) is 2. The molecule has 162 valence electrons. The van der Waals surface area contributed by atoms with Gasteiger partial charge in [0.2, 0.25) is 5.69 Å². The summed E-state index contributed by atoms with van der Waals surface area (Å²) >= 11 is 0. The van der Waals surface area contributed by atoms with Crippen LogP contribution in [-0.2, 0) is 4.79 Å². The predicted molar refractivity (Wildman–Crippen MR) is 123 cm³/mol. The monoisotopic (exact) mass is 440 g/mol. The summed E-state index contributed by atoms with van der Waals surface area (Å²) in [5, 5.41) is 18.0. The van der Waals surface area contributed by atoms with Gasteiger partial charge in [0.1, 0.15) is 17.7 Å². The van der Waals surface area contributed by atoms with E-state index in [0.717, 1.165) is 17.2 Å². The zero-order valence-electron chi connectivity index (χ0n) is 17.6. The van der Waals surface area contributed by atoms with Crippen molar-refractivity contribution in [3.8, 4) is 6.07 Å². The molecular weight excluding hydrogens is 422 g/mol. The molecule has 3 rings (SSSR count). The molecule has 3 aromatic carbocycles. The molecule has 0 fully saturated rings. The highest BCUT2D eigenvalue weighted by Crippen LogP contribution is 2.36. The molecule has 4 nitrogen and oxygen atoms in total.